The summed E-state index contributed by atoms with van der Waals surface area (Å²) < 4.78 is 6.35. The minimum atomic E-state index is -0.248. The van der Waals surface area contributed by atoms with E-state index in [4.69, 9.17) is 16.3 Å². The number of carbonyl (C=O) groups is 1. The van der Waals surface area contributed by atoms with Crippen LogP contribution >= 0.6 is 11.6 Å². The maximum Gasteiger partial charge on any atom is 0.231 e. The number of nitrogens with one attached hydrogen (secondary N) is 2. The van der Waals surface area contributed by atoms with E-state index in [0.29, 0.717) is 37.3 Å². The minimum absolute atomic E-state index is 0.157. The highest BCUT2D eigenvalue weighted by atomic mass is 35.5. The number of likely N-dealkylation sites (tertiary alicyclic amines) is 1. The van der Waals surface area contributed by atoms with Gasteiger partial charge in [0.1, 0.15) is 12.3 Å². The normalized spacial score (nSPS) is 17.6. The van der Waals surface area contributed by atoms with Gasteiger partial charge in [-0.15, -0.1) is 0 Å². The van der Waals surface area contributed by atoms with Crippen molar-refractivity contribution in [3.05, 3.63) is 53.3 Å². The molecule has 0 radical (unpaired) electrons. The molecule has 0 bridgehead atoms. The van der Waals surface area contributed by atoms with Crippen molar-refractivity contribution >= 4 is 34.2 Å². The van der Waals surface area contributed by atoms with Crippen molar-refractivity contribution in [3.8, 4) is 5.75 Å². The Morgan fingerprint density at radius 1 is 1.05 bits per heavy atom. The number of halogens is 1. The first-order valence-electron chi connectivity index (χ1n) is 14.3. The molecule has 2 aliphatic rings. The van der Waals surface area contributed by atoms with E-state index >= 15 is 0 Å². The maximum atomic E-state index is 13.8. The van der Waals surface area contributed by atoms with E-state index < -0.39 is 0 Å². The van der Waals surface area contributed by atoms with Crippen LogP contribution in [0.3, 0.4) is 0 Å². The van der Waals surface area contributed by atoms with Crippen molar-refractivity contribution in [1.82, 2.24) is 25.1 Å². The number of fused-ring (bicyclic) bond motifs is 1. The van der Waals surface area contributed by atoms with Gasteiger partial charge in [-0.1, -0.05) is 44.0 Å². The summed E-state index contributed by atoms with van der Waals surface area (Å²) in [4.78, 5) is 28.4. The molecule has 2 aliphatic heterocycles. The van der Waals surface area contributed by atoms with E-state index in [9.17, 15) is 4.79 Å². The van der Waals surface area contributed by atoms with E-state index in [1.165, 1.54) is 19.3 Å². The first-order valence-corrected chi connectivity index (χ1v) is 14.7. The van der Waals surface area contributed by atoms with Gasteiger partial charge in [0.25, 0.3) is 0 Å². The van der Waals surface area contributed by atoms with Gasteiger partial charge in [0.05, 0.1) is 17.8 Å². The first kappa shape index (κ1) is 27.7. The first-order chi connectivity index (χ1) is 19.0. The van der Waals surface area contributed by atoms with Gasteiger partial charge in [0, 0.05) is 61.9 Å². The number of aromatic nitrogens is 2. The number of amides is 1. The van der Waals surface area contributed by atoms with Crippen LogP contribution < -0.4 is 15.0 Å². The van der Waals surface area contributed by atoms with Gasteiger partial charge >= 0.3 is 0 Å². The highest BCUT2D eigenvalue weighted by Gasteiger charge is 2.30. The summed E-state index contributed by atoms with van der Waals surface area (Å²) in [5.41, 5.74) is 2.92. The predicted molar refractivity (Wildman–Crippen MR) is 158 cm³/mol. The Kier molecular flexibility index (Phi) is 9.27. The summed E-state index contributed by atoms with van der Waals surface area (Å²) >= 11 is 6.13. The zero-order valence-electron chi connectivity index (χ0n) is 23.2. The fourth-order valence-corrected chi connectivity index (χ4v) is 5.77. The van der Waals surface area contributed by atoms with Crippen molar-refractivity contribution in [2.24, 2.45) is 0 Å². The minimum Gasteiger partial charge on any atom is -0.488 e. The fraction of sp³-hybridized carbons (Fsp3) is 0.533. The van der Waals surface area contributed by atoms with Crippen molar-refractivity contribution in [1.29, 1.82) is 0 Å². The maximum absolute atomic E-state index is 13.8. The number of piperidine rings is 1. The molecule has 4 heterocycles. The number of rotatable bonds is 10. The molecule has 9 heteroatoms. The lowest BCUT2D eigenvalue weighted by Gasteiger charge is -2.38. The monoisotopic (exact) mass is 552 g/mol. The van der Waals surface area contributed by atoms with Crippen LogP contribution in [0.25, 0.3) is 11.0 Å². The Hall–Kier alpha value is -2.81. The molecule has 1 amide bonds. The largest absolute Gasteiger partial charge is 0.488 e. The molecule has 2 fully saturated rings. The third-order valence-corrected chi connectivity index (χ3v) is 8.10. The highest BCUT2D eigenvalue weighted by molar-refractivity contribution is 6.30. The molecular weight excluding hydrogens is 512 g/mol. The molecular formula is C30H41ClN6O2. The molecule has 0 saturated carbocycles. The standard InChI is InChI=1S/C30H41ClN6O2/c1-22(2)33-20-26(23-6-8-24(31)9-7-23)30(38)37-16-14-36(15-17-37)28-25-10-11-32-29(25)34-21-27(28)39-19-18-35-12-4-3-5-13-35/h6-11,21-22,26,33H,3-5,12-20H2,1-2H3,(H,32,34)/t26-/m1/s1. The van der Waals surface area contributed by atoms with E-state index in [1.54, 1.807) is 0 Å². The zero-order chi connectivity index (χ0) is 27.2. The molecule has 5 rings (SSSR count). The Morgan fingerprint density at radius 3 is 2.51 bits per heavy atom. The smallest absolute Gasteiger partial charge is 0.231 e. The molecule has 2 aromatic heterocycles. The molecule has 1 aromatic carbocycles. The van der Waals surface area contributed by atoms with Crippen molar-refractivity contribution in [3.63, 3.8) is 0 Å². The van der Waals surface area contributed by atoms with Crippen LogP contribution in [0.2, 0.25) is 5.02 Å². The van der Waals surface area contributed by atoms with Crippen molar-refractivity contribution < 1.29 is 9.53 Å². The van der Waals surface area contributed by atoms with Gasteiger partial charge in [-0.05, 0) is 49.7 Å². The molecule has 8 nitrogen and oxygen atoms in total. The molecule has 2 saturated heterocycles. The van der Waals surface area contributed by atoms with E-state index in [0.717, 1.165) is 60.8 Å². The average Bonchev–Trinajstić information content (AvgIpc) is 3.43. The lowest BCUT2D eigenvalue weighted by Crippen LogP contribution is -2.51. The van der Waals surface area contributed by atoms with Gasteiger partial charge in [0.15, 0.2) is 5.75 Å². The zero-order valence-corrected chi connectivity index (χ0v) is 23.9. The number of benzene rings is 1. The number of piperazine rings is 1. The summed E-state index contributed by atoms with van der Waals surface area (Å²) in [6.07, 6.45) is 7.65. The lowest BCUT2D eigenvalue weighted by molar-refractivity contribution is -0.133. The summed E-state index contributed by atoms with van der Waals surface area (Å²) in [7, 11) is 0. The summed E-state index contributed by atoms with van der Waals surface area (Å²) in [5, 5.41) is 5.20. The van der Waals surface area contributed by atoms with Crippen LogP contribution in [0.5, 0.6) is 5.75 Å². The number of hydrogen-bond donors (Lipinski definition) is 2. The van der Waals surface area contributed by atoms with E-state index in [-0.39, 0.29) is 11.8 Å². The van der Waals surface area contributed by atoms with Crippen LogP contribution in [0.4, 0.5) is 5.69 Å². The number of ether oxygens (including phenoxy) is 1. The second-order valence-electron chi connectivity index (χ2n) is 10.9. The fourth-order valence-electron chi connectivity index (χ4n) is 5.64. The average molecular weight is 553 g/mol. The molecule has 210 valence electrons. The Morgan fingerprint density at radius 2 is 1.79 bits per heavy atom. The van der Waals surface area contributed by atoms with Gasteiger partial charge in [-0.25, -0.2) is 4.98 Å². The van der Waals surface area contributed by atoms with Gasteiger partial charge in [-0.3, -0.25) is 9.69 Å². The highest BCUT2D eigenvalue weighted by Crippen LogP contribution is 2.36. The molecule has 0 unspecified atom stereocenters. The van der Waals surface area contributed by atoms with Gasteiger partial charge < -0.3 is 24.8 Å². The quantitative estimate of drug-likeness (QED) is 0.385. The Bertz CT molecular complexity index is 1220. The molecule has 0 aliphatic carbocycles. The third-order valence-electron chi connectivity index (χ3n) is 7.85. The number of aromatic amines is 1. The second kappa shape index (κ2) is 13.0. The van der Waals surface area contributed by atoms with Crippen molar-refractivity contribution in [2.75, 3.05) is 63.9 Å². The van der Waals surface area contributed by atoms with E-state index in [2.05, 4.69) is 45.0 Å². The third kappa shape index (κ3) is 6.86. The van der Waals surface area contributed by atoms with Gasteiger partial charge in [-0.2, -0.15) is 0 Å². The van der Waals surface area contributed by atoms with Crippen LogP contribution in [0.1, 0.15) is 44.6 Å². The summed E-state index contributed by atoms with van der Waals surface area (Å²) in [6.45, 7) is 11.5. The Balaban J connectivity index is 1.27. The van der Waals surface area contributed by atoms with E-state index in [1.807, 2.05) is 41.6 Å². The van der Waals surface area contributed by atoms with Crippen molar-refractivity contribution in [2.45, 2.75) is 45.1 Å². The molecule has 3 aromatic rings. The second-order valence-corrected chi connectivity index (χ2v) is 11.4. The molecule has 2 N–H and O–H groups in total. The topological polar surface area (TPSA) is 76.7 Å². The molecule has 1 atom stereocenters. The SMILES string of the molecule is CC(C)NC[C@@H](C(=O)N1CCN(c2c(OCCN3CCCCC3)cnc3[nH]ccc23)CC1)c1ccc(Cl)cc1. The van der Waals surface area contributed by atoms with Crippen LogP contribution in [-0.2, 0) is 4.79 Å². The number of pyridine rings is 1. The molecule has 39 heavy (non-hydrogen) atoms. The van der Waals surface area contributed by atoms with Crippen LogP contribution in [-0.4, -0.2) is 90.7 Å². The Labute approximate surface area is 236 Å². The van der Waals surface area contributed by atoms with Crippen LogP contribution in [0, 0.1) is 0 Å². The van der Waals surface area contributed by atoms with Crippen LogP contribution in [0.15, 0.2) is 42.7 Å². The number of hydrogen-bond acceptors (Lipinski definition) is 6. The number of H-pyrrole nitrogens is 1. The lowest BCUT2D eigenvalue weighted by atomic mass is 9.96. The summed E-state index contributed by atoms with van der Waals surface area (Å²) in [6, 6.07) is 10.0. The van der Waals surface area contributed by atoms with Gasteiger partial charge in [0.2, 0.25) is 5.91 Å². The summed E-state index contributed by atoms with van der Waals surface area (Å²) in [5.74, 6) is 0.728. The predicted octanol–water partition coefficient (Wildman–Crippen LogP) is 4.51. The number of anilines is 1. The molecule has 0 spiro atoms. The number of carbonyl (C=O) groups excluding carboxylic acids is 1. The number of nitrogens with zero attached hydrogens (tertiary/aromatic N) is 4.